The van der Waals surface area contributed by atoms with Gasteiger partial charge in [-0.15, -0.1) is 0 Å². The number of aryl methyl sites for hydroxylation is 1. The lowest BCUT2D eigenvalue weighted by Crippen LogP contribution is -2.15. The van der Waals surface area contributed by atoms with Gasteiger partial charge in [0.25, 0.3) is 5.24 Å². The summed E-state index contributed by atoms with van der Waals surface area (Å²) in [4.78, 5) is 12.2. The van der Waals surface area contributed by atoms with E-state index < -0.39 is 35.6 Å². The Labute approximate surface area is 182 Å². The van der Waals surface area contributed by atoms with Gasteiger partial charge in [-0.2, -0.15) is 26.3 Å². The lowest BCUT2D eigenvalue weighted by Gasteiger charge is -2.17. The molecule has 1 aliphatic rings. The molecule has 0 atom stereocenters. The van der Waals surface area contributed by atoms with Gasteiger partial charge in [-0.05, 0) is 60.2 Å². The average Bonchev–Trinajstić information content (AvgIpc) is 2.96. The molecule has 1 saturated heterocycles. The minimum absolute atomic E-state index is 0.0817. The van der Waals surface area contributed by atoms with E-state index in [4.69, 9.17) is 17.0 Å². The SMILES string of the molecule is Cc1cc(C=C2SC(=O)NC2=S)ccc1OCc1ccc(C(F)(F)F)cc1C(F)(F)F. The van der Waals surface area contributed by atoms with E-state index in [2.05, 4.69) is 5.32 Å². The monoisotopic (exact) mass is 477 g/mol. The van der Waals surface area contributed by atoms with Crippen molar-refractivity contribution in [3.63, 3.8) is 0 Å². The molecule has 31 heavy (non-hydrogen) atoms. The quantitative estimate of drug-likeness (QED) is 0.301. The van der Waals surface area contributed by atoms with E-state index in [0.29, 0.717) is 27.1 Å². The number of thioether (sulfide) groups is 1. The maximum atomic E-state index is 13.3. The molecule has 3 rings (SSSR count). The van der Waals surface area contributed by atoms with Crippen molar-refractivity contribution < 1.29 is 35.9 Å². The first-order chi connectivity index (χ1) is 14.3. The van der Waals surface area contributed by atoms with E-state index in [1.807, 2.05) is 0 Å². The molecule has 2 aromatic rings. The van der Waals surface area contributed by atoms with Crippen molar-refractivity contribution in [2.75, 3.05) is 0 Å². The molecule has 0 radical (unpaired) electrons. The summed E-state index contributed by atoms with van der Waals surface area (Å²) in [6.07, 6.45) is -8.17. The van der Waals surface area contributed by atoms with Crippen LogP contribution in [0.2, 0.25) is 0 Å². The van der Waals surface area contributed by atoms with Crippen molar-refractivity contribution in [1.29, 1.82) is 0 Å². The molecule has 1 heterocycles. The Morgan fingerprint density at radius 2 is 1.77 bits per heavy atom. The average molecular weight is 477 g/mol. The number of carbonyl (C=O) groups excluding carboxylic acids is 1. The third-order valence-corrected chi connectivity index (χ3v) is 5.55. The Balaban J connectivity index is 1.81. The molecule has 1 amide bonds. The fraction of sp³-hybridized carbons (Fsp3) is 0.200. The molecule has 2 aromatic carbocycles. The number of benzene rings is 2. The molecule has 11 heteroatoms. The predicted octanol–water partition coefficient (Wildman–Crippen LogP) is 6.74. The zero-order chi connectivity index (χ0) is 23.0. The summed E-state index contributed by atoms with van der Waals surface area (Å²) < 4.78 is 83.6. The number of ether oxygens (including phenoxy) is 1. The Kier molecular flexibility index (Phi) is 6.38. The lowest BCUT2D eigenvalue weighted by molar-refractivity contribution is -0.143. The van der Waals surface area contributed by atoms with Gasteiger partial charge in [-0.1, -0.05) is 24.4 Å². The van der Waals surface area contributed by atoms with Gasteiger partial charge in [-0.3, -0.25) is 4.79 Å². The second-order valence-electron chi connectivity index (χ2n) is 6.53. The van der Waals surface area contributed by atoms with Gasteiger partial charge in [0.05, 0.1) is 16.0 Å². The van der Waals surface area contributed by atoms with Crippen molar-refractivity contribution in [3.8, 4) is 5.75 Å². The van der Waals surface area contributed by atoms with Crippen molar-refractivity contribution in [1.82, 2.24) is 5.32 Å². The highest BCUT2D eigenvalue weighted by Crippen LogP contribution is 2.38. The van der Waals surface area contributed by atoms with Gasteiger partial charge in [0.1, 0.15) is 17.3 Å². The third-order valence-electron chi connectivity index (χ3n) is 4.26. The van der Waals surface area contributed by atoms with Crippen LogP contribution in [0.15, 0.2) is 41.3 Å². The molecule has 0 saturated carbocycles. The first-order valence-electron chi connectivity index (χ1n) is 8.60. The molecule has 164 valence electrons. The fourth-order valence-corrected chi connectivity index (χ4v) is 3.83. The van der Waals surface area contributed by atoms with Gasteiger partial charge in [-0.25, -0.2) is 0 Å². The summed E-state index contributed by atoms with van der Waals surface area (Å²) in [5.74, 6) is 0.269. The zero-order valence-electron chi connectivity index (χ0n) is 15.6. The normalized spacial score (nSPS) is 16.0. The third kappa shape index (κ3) is 5.59. The molecular formula is C20H13F6NO2S2. The second kappa shape index (κ2) is 8.54. The zero-order valence-corrected chi connectivity index (χ0v) is 17.3. The van der Waals surface area contributed by atoms with Crippen molar-refractivity contribution in [3.05, 3.63) is 69.1 Å². The van der Waals surface area contributed by atoms with Gasteiger partial charge in [0.15, 0.2) is 0 Å². The van der Waals surface area contributed by atoms with Gasteiger partial charge in [0.2, 0.25) is 0 Å². The Bertz CT molecular complexity index is 1080. The van der Waals surface area contributed by atoms with Gasteiger partial charge < -0.3 is 10.1 Å². The van der Waals surface area contributed by atoms with E-state index in [9.17, 15) is 31.1 Å². The highest BCUT2D eigenvalue weighted by Gasteiger charge is 2.38. The van der Waals surface area contributed by atoms with E-state index >= 15 is 0 Å². The summed E-state index contributed by atoms with van der Waals surface area (Å²) in [5.41, 5.74) is -1.92. The largest absolute Gasteiger partial charge is 0.489 e. The van der Waals surface area contributed by atoms with Gasteiger partial charge in [0, 0.05) is 5.56 Å². The minimum Gasteiger partial charge on any atom is -0.489 e. The maximum absolute atomic E-state index is 13.3. The number of halogens is 6. The number of thiocarbonyl (C=S) groups is 1. The van der Waals surface area contributed by atoms with Crippen LogP contribution in [0.25, 0.3) is 6.08 Å². The molecule has 0 unspecified atom stereocenters. The van der Waals surface area contributed by atoms with Crippen LogP contribution in [0.1, 0.15) is 27.8 Å². The summed E-state index contributed by atoms with van der Waals surface area (Å²) >= 11 is 5.98. The standard InChI is InChI=1S/C20H13F6NO2S2/c1-10-6-11(7-16-17(30)27-18(28)31-16)2-5-15(10)29-9-12-3-4-13(19(21,22)23)8-14(12)20(24,25)26/h2-8H,9H2,1H3,(H,27,28,30). The number of hydrogen-bond acceptors (Lipinski definition) is 4. The van der Waals surface area contributed by atoms with Crippen LogP contribution in [0.3, 0.4) is 0 Å². The van der Waals surface area contributed by atoms with Crippen molar-refractivity contribution in [2.45, 2.75) is 25.9 Å². The molecule has 0 aliphatic carbocycles. The molecule has 0 spiro atoms. The van der Waals surface area contributed by atoms with Gasteiger partial charge >= 0.3 is 12.4 Å². The van der Waals surface area contributed by atoms with Crippen molar-refractivity contribution >= 4 is 40.3 Å². The van der Waals surface area contributed by atoms with Crippen LogP contribution in [0, 0.1) is 6.92 Å². The van der Waals surface area contributed by atoms with Crippen LogP contribution in [0.4, 0.5) is 31.1 Å². The molecule has 0 aromatic heterocycles. The molecule has 1 aliphatic heterocycles. The highest BCUT2D eigenvalue weighted by molar-refractivity contribution is 8.19. The molecule has 1 fully saturated rings. The Morgan fingerprint density at radius 1 is 1.06 bits per heavy atom. The molecule has 3 nitrogen and oxygen atoms in total. The summed E-state index contributed by atoms with van der Waals surface area (Å²) in [6.45, 7) is 1.10. The summed E-state index contributed by atoms with van der Waals surface area (Å²) in [5, 5.41) is 2.20. The highest BCUT2D eigenvalue weighted by atomic mass is 32.2. The van der Waals surface area contributed by atoms with E-state index in [0.717, 1.165) is 17.8 Å². The number of amides is 1. The first kappa shape index (κ1) is 23.1. The van der Waals surface area contributed by atoms with Crippen LogP contribution >= 0.6 is 24.0 Å². The van der Waals surface area contributed by atoms with E-state index in [1.54, 1.807) is 25.1 Å². The second-order valence-corrected chi connectivity index (χ2v) is 7.96. The first-order valence-corrected chi connectivity index (χ1v) is 9.82. The van der Waals surface area contributed by atoms with Crippen LogP contribution in [0.5, 0.6) is 5.75 Å². The van der Waals surface area contributed by atoms with E-state index in [-0.39, 0.29) is 17.1 Å². The van der Waals surface area contributed by atoms with Crippen LogP contribution in [-0.2, 0) is 19.0 Å². The van der Waals surface area contributed by atoms with Crippen LogP contribution < -0.4 is 10.1 Å². The minimum atomic E-state index is -4.96. The summed E-state index contributed by atoms with van der Waals surface area (Å²) in [7, 11) is 0. The number of alkyl halides is 6. The van der Waals surface area contributed by atoms with Crippen molar-refractivity contribution in [2.24, 2.45) is 0 Å². The Hall–Kier alpha value is -2.53. The molecular weight excluding hydrogens is 464 g/mol. The Morgan fingerprint density at radius 3 is 2.32 bits per heavy atom. The summed E-state index contributed by atoms with van der Waals surface area (Å²) in [6, 6.07) is 6.27. The maximum Gasteiger partial charge on any atom is 0.416 e. The molecule has 1 N–H and O–H groups in total. The smallest absolute Gasteiger partial charge is 0.416 e. The van der Waals surface area contributed by atoms with Crippen LogP contribution in [-0.4, -0.2) is 10.2 Å². The number of carbonyl (C=O) groups is 1. The number of rotatable bonds is 4. The van der Waals surface area contributed by atoms with E-state index in [1.165, 1.54) is 6.07 Å². The lowest BCUT2D eigenvalue weighted by atomic mass is 10.0. The topological polar surface area (TPSA) is 38.3 Å². The number of nitrogens with one attached hydrogen (secondary N) is 1. The fourth-order valence-electron chi connectivity index (χ4n) is 2.79. The predicted molar refractivity (Wildman–Crippen MR) is 109 cm³/mol. The number of hydrogen-bond donors (Lipinski definition) is 1. The molecule has 0 bridgehead atoms.